The molecule has 0 aliphatic carbocycles. The molecule has 0 unspecified atom stereocenters. The number of nitro groups is 1. The zero-order valence-corrected chi connectivity index (χ0v) is 11.6. The van der Waals surface area contributed by atoms with Crippen molar-refractivity contribution in [3.05, 3.63) is 62.6 Å². The van der Waals surface area contributed by atoms with E-state index in [1.807, 2.05) is 0 Å². The number of benzene rings is 2. The largest absolute Gasteiger partial charge is 0.507 e. The van der Waals surface area contributed by atoms with Crippen molar-refractivity contribution in [1.29, 1.82) is 0 Å². The Morgan fingerprint density at radius 2 is 1.95 bits per heavy atom. The summed E-state index contributed by atoms with van der Waals surface area (Å²) >= 11 is 3.15. The van der Waals surface area contributed by atoms with Crippen molar-refractivity contribution in [3.63, 3.8) is 0 Å². The molecule has 0 aliphatic rings. The highest BCUT2D eigenvalue weighted by molar-refractivity contribution is 9.10. The zero-order chi connectivity index (χ0) is 14.7. The summed E-state index contributed by atoms with van der Waals surface area (Å²) in [5, 5.41) is 22.8. The molecular formula is C13H9BrN2O4. The minimum Gasteiger partial charge on any atom is -0.507 e. The maximum Gasteiger partial charge on any atom is 0.270 e. The van der Waals surface area contributed by atoms with Crippen LogP contribution in [0.4, 0.5) is 11.4 Å². The molecule has 0 aromatic heterocycles. The number of phenolic OH excluding ortho intramolecular Hbond substituents is 1. The topological polar surface area (TPSA) is 92.5 Å². The second-order valence-electron chi connectivity index (χ2n) is 3.89. The fraction of sp³-hybridized carbons (Fsp3) is 0. The van der Waals surface area contributed by atoms with Crippen molar-refractivity contribution >= 4 is 33.2 Å². The fourth-order valence-electron chi connectivity index (χ4n) is 1.57. The molecule has 102 valence electrons. The summed E-state index contributed by atoms with van der Waals surface area (Å²) in [4.78, 5) is 22.1. The van der Waals surface area contributed by atoms with Crippen molar-refractivity contribution in [2.75, 3.05) is 5.32 Å². The van der Waals surface area contributed by atoms with E-state index >= 15 is 0 Å². The molecule has 0 fully saturated rings. The van der Waals surface area contributed by atoms with Gasteiger partial charge in [0.05, 0.1) is 16.2 Å². The van der Waals surface area contributed by atoms with E-state index in [0.717, 1.165) is 0 Å². The highest BCUT2D eigenvalue weighted by atomic mass is 79.9. The summed E-state index contributed by atoms with van der Waals surface area (Å²) in [7, 11) is 0. The standard InChI is InChI=1S/C13H9BrN2O4/c14-10-7-8(16(19)20)5-6-11(10)15-13(18)9-3-1-2-4-12(9)17/h1-7,17H,(H,15,18). The number of nitro benzene ring substituents is 1. The van der Waals surface area contributed by atoms with Gasteiger partial charge in [-0.3, -0.25) is 14.9 Å². The lowest BCUT2D eigenvalue weighted by Gasteiger charge is -2.08. The molecule has 0 radical (unpaired) electrons. The number of para-hydroxylation sites is 1. The number of aromatic hydroxyl groups is 1. The number of hydrogen-bond acceptors (Lipinski definition) is 4. The molecule has 0 saturated heterocycles. The number of hydrogen-bond donors (Lipinski definition) is 2. The molecule has 20 heavy (non-hydrogen) atoms. The van der Waals surface area contributed by atoms with Crippen LogP contribution in [0, 0.1) is 10.1 Å². The summed E-state index contributed by atoms with van der Waals surface area (Å²) in [5.41, 5.74) is 0.416. The summed E-state index contributed by atoms with van der Waals surface area (Å²) < 4.78 is 0.385. The van der Waals surface area contributed by atoms with E-state index in [1.165, 1.54) is 30.3 Å². The molecule has 0 bridgehead atoms. The SMILES string of the molecule is O=C(Nc1ccc([N+](=O)[O-])cc1Br)c1ccccc1O. The lowest BCUT2D eigenvalue weighted by atomic mass is 10.2. The molecule has 2 aromatic rings. The van der Waals surface area contributed by atoms with Gasteiger partial charge in [0.2, 0.25) is 0 Å². The van der Waals surface area contributed by atoms with Crippen molar-refractivity contribution in [3.8, 4) is 5.75 Å². The van der Waals surface area contributed by atoms with Gasteiger partial charge in [-0.05, 0) is 34.1 Å². The molecule has 7 heteroatoms. The Labute approximate surface area is 122 Å². The predicted octanol–water partition coefficient (Wildman–Crippen LogP) is 3.32. The second kappa shape index (κ2) is 5.70. The van der Waals surface area contributed by atoms with Crippen LogP contribution in [0.5, 0.6) is 5.75 Å². The minimum absolute atomic E-state index is 0.0857. The number of amides is 1. The number of halogens is 1. The van der Waals surface area contributed by atoms with Crippen molar-refractivity contribution in [2.24, 2.45) is 0 Å². The highest BCUT2D eigenvalue weighted by Gasteiger charge is 2.14. The van der Waals surface area contributed by atoms with Crippen LogP contribution in [0.25, 0.3) is 0 Å². The molecule has 6 nitrogen and oxygen atoms in total. The van der Waals surface area contributed by atoms with Crippen molar-refractivity contribution < 1.29 is 14.8 Å². The Morgan fingerprint density at radius 1 is 1.25 bits per heavy atom. The molecule has 0 heterocycles. The average Bonchev–Trinajstić information content (AvgIpc) is 2.41. The van der Waals surface area contributed by atoms with Gasteiger partial charge in [-0.1, -0.05) is 12.1 Å². The number of anilines is 1. The van der Waals surface area contributed by atoms with E-state index in [-0.39, 0.29) is 17.0 Å². The minimum atomic E-state index is -0.528. The van der Waals surface area contributed by atoms with E-state index in [0.29, 0.717) is 10.2 Å². The summed E-state index contributed by atoms with van der Waals surface area (Å²) in [5.74, 6) is -0.638. The van der Waals surface area contributed by atoms with Crippen LogP contribution in [0.1, 0.15) is 10.4 Å². The van der Waals surface area contributed by atoms with Crippen molar-refractivity contribution in [1.82, 2.24) is 0 Å². The van der Waals surface area contributed by atoms with Gasteiger partial charge < -0.3 is 10.4 Å². The van der Waals surface area contributed by atoms with E-state index in [4.69, 9.17) is 0 Å². The van der Waals surface area contributed by atoms with Gasteiger partial charge in [0.1, 0.15) is 5.75 Å². The summed E-state index contributed by atoms with van der Waals surface area (Å²) in [6.45, 7) is 0. The molecule has 0 aliphatic heterocycles. The Morgan fingerprint density at radius 3 is 2.55 bits per heavy atom. The Hall–Kier alpha value is -2.41. The molecular weight excluding hydrogens is 328 g/mol. The van der Waals surface area contributed by atoms with E-state index < -0.39 is 10.8 Å². The van der Waals surface area contributed by atoms with Crippen LogP contribution in [-0.2, 0) is 0 Å². The van der Waals surface area contributed by atoms with E-state index in [2.05, 4.69) is 21.2 Å². The number of nitrogens with zero attached hydrogens (tertiary/aromatic N) is 1. The van der Waals surface area contributed by atoms with Crippen LogP contribution in [0.15, 0.2) is 46.9 Å². The summed E-state index contributed by atoms with van der Waals surface area (Å²) in [6.07, 6.45) is 0. The normalized spacial score (nSPS) is 10.1. The molecule has 0 spiro atoms. The summed E-state index contributed by atoms with van der Waals surface area (Å²) in [6, 6.07) is 10.1. The van der Waals surface area contributed by atoms with Crippen molar-refractivity contribution in [2.45, 2.75) is 0 Å². The molecule has 2 aromatic carbocycles. The van der Waals surface area contributed by atoms with Gasteiger partial charge in [-0.25, -0.2) is 0 Å². The van der Waals surface area contributed by atoms with Gasteiger partial charge in [0, 0.05) is 16.6 Å². The first-order valence-electron chi connectivity index (χ1n) is 5.52. The number of phenols is 1. The molecule has 1 amide bonds. The van der Waals surface area contributed by atoms with Gasteiger partial charge in [-0.15, -0.1) is 0 Å². The molecule has 0 atom stereocenters. The van der Waals surface area contributed by atoms with Crippen LogP contribution >= 0.6 is 15.9 Å². The first-order valence-corrected chi connectivity index (χ1v) is 6.31. The van der Waals surface area contributed by atoms with Crippen LogP contribution < -0.4 is 5.32 Å². The number of carbonyl (C=O) groups is 1. The fourth-order valence-corrected chi connectivity index (χ4v) is 2.04. The second-order valence-corrected chi connectivity index (χ2v) is 4.75. The number of rotatable bonds is 3. The lowest BCUT2D eigenvalue weighted by Crippen LogP contribution is -2.12. The molecule has 0 saturated carbocycles. The Balaban J connectivity index is 2.25. The number of carbonyl (C=O) groups excluding carboxylic acids is 1. The maximum atomic E-state index is 12.0. The Kier molecular flexibility index (Phi) is 3.99. The van der Waals surface area contributed by atoms with Gasteiger partial charge >= 0.3 is 0 Å². The van der Waals surface area contributed by atoms with E-state index in [9.17, 15) is 20.0 Å². The predicted molar refractivity (Wildman–Crippen MR) is 76.9 cm³/mol. The highest BCUT2D eigenvalue weighted by Crippen LogP contribution is 2.28. The quantitative estimate of drug-likeness (QED) is 0.664. The Bertz CT molecular complexity index is 688. The van der Waals surface area contributed by atoms with Crippen LogP contribution in [-0.4, -0.2) is 15.9 Å². The monoisotopic (exact) mass is 336 g/mol. The molecule has 2 rings (SSSR count). The average molecular weight is 337 g/mol. The number of non-ortho nitro benzene ring substituents is 1. The zero-order valence-electron chi connectivity index (χ0n) is 10.0. The van der Waals surface area contributed by atoms with Gasteiger partial charge in [-0.2, -0.15) is 0 Å². The van der Waals surface area contributed by atoms with Gasteiger partial charge in [0.25, 0.3) is 11.6 Å². The third kappa shape index (κ3) is 2.94. The van der Waals surface area contributed by atoms with Gasteiger partial charge in [0.15, 0.2) is 0 Å². The third-order valence-corrected chi connectivity index (χ3v) is 3.22. The molecule has 2 N–H and O–H groups in total. The van der Waals surface area contributed by atoms with Crippen LogP contribution in [0.2, 0.25) is 0 Å². The first-order chi connectivity index (χ1) is 9.49. The van der Waals surface area contributed by atoms with E-state index in [1.54, 1.807) is 12.1 Å². The maximum absolute atomic E-state index is 12.0. The smallest absolute Gasteiger partial charge is 0.270 e. The van der Waals surface area contributed by atoms with Crippen LogP contribution in [0.3, 0.4) is 0 Å². The lowest BCUT2D eigenvalue weighted by molar-refractivity contribution is -0.384. The first kappa shape index (κ1) is 14.0. The third-order valence-electron chi connectivity index (χ3n) is 2.56. The number of nitrogens with one attached hydrogen (secondary N) is 1.